The van der Waals surface area contributed by atoms with Crippen LogP contribution >= 0.6 is 11.3 Å². The average Bonchev–Trinajstić information content (AvgIpc) is 3.15. The van der Waals surface area contributed by atoms with Crippen LogP contribution in [0.5, 0.6) is 0 Å². The van der Waals surface area contributed by atoms with Gasteiger partial charge in [0.05, 0.1) is 5.39 Å². The minimum absolute atomic E-state index is 0.121. The molecule has 4 rings (SSSR count). The molecule has 1 amide bonds. The van der Waals surface area contributed by atoms with Crippen LogP contribution in [-0.4, -0.2) is 40.4 Å². The van der Waals surface area contributed by atoms with Crippen molar-refractivity contribution in [1.29, 1.82) is 0 Å². The van der Waals surface area contributed by atoms with E-state index in [1.54, 1.807) is 22.6 Å². The molecule has 23 heavy (non-hydrogen) atoms. The highest BCUT2D eigenvalue weighted by Gasteiger charge is 2.29. The number of benzene rings is 1. The van der Waals surface area contributed by atoms with Crippen molar-refractivity contribution in [1.82, 2.24) is 14.9 Å². The third-order valence-corrected chi connectivity index (χ3v) is 5.22. The maximum atomic E-state index is 12.1. The molecule has 0 radical (unpaired) electrons. The Kier molecular flexibility index (Phi) is 3.46. The highest BCUT2D eigenvalue weighted by molar-refractivity contribution is 7.21. The Bertz CT molecular complexity index is 861. The maximum absolute atomic E-state index is 12.1. The number of hydrogen-bond donors (Lipinski definition) is 1. The summed E-state index contributed by atoms with van der Waals surface area (Å²) in [5.41, 5.74) is 1.16. The van der Waals surface area contributed by atoms with Crippen molar-refractivity contribution in [3.63, 3.8) is 0 Å². The minimum atomic E-state index is -0.196. The number of likely N-dealkylation sites (N-methyl/N-ethyl adjacent to an activating group) is 1. The summed E-state index contributed by atoms with van der Waals surface area (Å²) < 4.78 is 0. The zero-order valence-electron chi connectivity index (χ0n) is 12.7. The molecule has 3 heterocycles. The fourth-order valence-electron chi connectivity index (χ4n) is 2.84. The highest BCUT2D eigenvalue weighted by atomic mass is 32.1. The lowest BCUT2D eigenvalue weighted by atomic mass is 10.2. The van der Waals surface area contributed by atoms with Gasteiger partial charge >= 0.3 is 0 Å². The van der Waals surface area contributed by atoms with Gasteiger partial charge < -0.3 is 10.2 Å². The third kappa shape index (κ3) is 2.55. The van der Waals surface area contributed by atoms with Crippen molar-refractivity contribution >= 4 is 33.3 Å². The van der Waals surface area contributed by atoms with Crippen LogP contribution in [-0.2, 0) is 4.79 Å². The highest BCUT2D eigenvalue weighted by Crippen LogP contribution is 2.35. The van der Waals surface area contributed by atoms with E-state index >= 15 is 0 Å². The topological polar surface area (TPSA) is 58.1 Å². The molecule has 1 aliphatic heterocycles. The largest absolute Gasteiger partial charge is 0.358 e. The number of amides is 1. The predicted molar refractivity (Wildman–Crippen MR) is 92.5 cm³/mol. The van der Waals surface area contributed by atoms with Crippen LogP contribution in [0.3, 0.4) is 0 Å². The molecular formula is C17H16N4OS. The lowest BCUT2D eigenvalue weighted by Crippen LogP contribution is -2.31. The van der Waals surface area contributed by atoms with Crippen molar-refractivity contribution in [2.45, 2.75) is 12.5 Å². The molecule has 1 aliphatic rings. The molecule has 1 fully saturated rings. The number of nitrogens with one attached hydrogen (secondary N) is 1. The molecule has 0 saturated carbocycles. The molecule has 3 aromatic rings. The van der Waals surface area contributed by atoms with Crippen LogP contribution in [0.1, 0.15) is 6.42 Å². The monoisotopic (exact) mass is 324 g/mol. The van der Waals surface area contributed by atoms with E-state index in [-0.39, 0.29) is 11.9 Å². The van der Waals surface area contributed by atoms with Crippen LogP contribution < -0.4 is 5.32 Å². The summed E-state index contributed by atoms with van der Waals surface area (Å²) in [6.07, 6.45) is 2.36. The standard InChI is InChI=1S/C17H16N4OS/c1-21-8-7-13(17(21)22)20-15-12-9-14(11-5-3-2-4-6-11)23-16(12)19-10-18-15/h2-6,9-10,13H,7-8H2,1H3,(H,18,19,20). The van der Waals surface area contributed by atoms with E-state index in [2.05, 4.69) is 33.5 Å². The number of rotatable bonds is 3. The van der Waals surface area contributed by atoms with Gasteiger partial charge in [-0.25, -0.2) is 9.97 Å². The van der Waals surface area contributed by atoms with Gasteiger partial charge in [-0.05, 0) is 18.1 Å². The fraction of sp³-hybridized carbons (Fsp3) is 0.235. The number of fused-ring (bicyclic) bond motifs is 1. The number of anilines is 1. The Morgan fingerprint density at radius 3 is 2.83 bits per heavy atom. The first-order valence-corrected chi connectivity index (χ1v) is 8.35. The number of aromatic nitrogens is 2. The number of hydrogen-bond acceptors (Lipinski definition) is 5. The summed E-state index contributed by atoms with van der Waals surface area (Å²) in [4.78, 5) is 24.6. The molecule has 1 aromatic carbocycles. The van der Waals surface area contributed by atoms with Crippen molar-refractivity contribution in [3.05, 3.63) is 42.7 Å². The summed E-state index contributed by atoms with van der Waals surface area (Å²) in [5.74, 6) is 0.859. The minimum Gasteiger partial charge on any atom is -0.358 e. The summed E-state index contributed by atoms with van der Waals surface area (Å²) in [6.45, 7) is 0.781. The SMILES string of the molecule is CN1CCC(Nc2ncnc3sc(-c4ccccc4)cc23)C1=O. The van der Waals surface area contributed by atoms with Gasteiger partial charge in [-0.2, -0.15) is 0 Å². The summed E-state index contributed by atoms with van der Waals surface area (Å²) in [7, 11) is 1.83. The van der Waals surface area contributed by atoms with Crippen molar-refractivity contribution < 1.29 is 4.79 Å². The Labute approximate surface area is 138 Å². The number of nitrogens with zero attached hydrogens (tertiary/aromatic N) is 3. The van der Waals surface area contributed by atoms with E-state index in [4.69, 9.17) is 0 Å². The molecule has 6 heteroatoms. The van der Waals surface area contributed by atoms with Gasteiger partial charge in [-0.1, -0.05) is 30.3 Å². The van der Waals surface area contributed by atoms with E-state index in [0.29, 0.717) is 0 Å². The van der Waals surface area contributed by atoms with Crippen molar-refractivity contribution in [2.75, 3.05) is 18.9 Å². The van der Waals surface area contributed by atoms with E-state index in [0.717, 1.165) is 39.4 Å². The second-order valence-electron chi connectivity index (χ2n) is 5.66. The molecule has 0 aliphatic carbocycles. The first-order valence-electron chi connectivity index (χ1n) is 7.54. The smallest absolute Gasteiger partial charge is 0.244 e. The third-order valence-electron chi connectivity index (χ3n) is 4.13. The molecule has 0 bridgehead atoms. The molecule has 0 spiro atoms. The van der Waals surface area contributed by atoms with Crippen molar-refractivity contribution in [2.24, 2.45) is 0 Å². The summed E-state index contributed by atoms with van der Waals surface area (Å²) >= 11 is 1.64. The molecule has 1 unspecified atom stereocenters. The normalized spacial score (nSPS) is 17.9. The maximum Gasteiger partial charge on any atom is 0.244 e. The van der Waals surface area contributed by atoms with E-state index < -0.39 is 0 Å². The first-order chi connectivity index (χ1) is 11.2. The lowest BCUT2D eigenvalue weighted by Gasteiger charge is -2.13. The Morgan fingerprint density at radius 2 is 2.09 bits per heavy atom. The van der Waals surface area contributed by atoms with Gasteiger partial charge in [0.1, 0.15) is 23.0 Å². The fourth-order valence-corrected chi connectivity index (χ4v) is 3.84. The Balaban J connectivity index is 1.71. The molecular weight excluding hydrogens is 308 g/mol. The second-order valence-corrected chi connectivity index (χ2v) is 6.69. The van der Waals surface area contributed by atoms with Gasteiger partial charge in [0.15, 0.2) is 0 Å². The molecule has 1 N–H and O–H groups in total. The lowest BCUT2D eigenvalue weighted by molar-refractivity contribution is -0.127. The van der Waals surface area contributed by atoms with Crippen LogP contribution in [0.25, 0.3) is 20.7 Å². The van der Waals surface area contributed by atoms with E-state index in [9.17, 15) is 4.79 Å². The molecule has 1 atom stereocenters. The number of carbonyl (C=O) groups excluding carboxylic acids is 1. The second kappa shape index (κ2) is 5.62. The zero-order valence-corrected chi connectivity index (χ0v) is 13.5. The van der Waals surface area contributed by atoms with Crippen LogP contribution in [0, 0.1) is 0 Å². The van der Waals surface area contributed by atoms with Crippen LogP contribution in [0.15, 0.2) is 42.7 Å². The quantitative estimate of drug-likeness (QED) is 0.804. The Hall–Kier alpha value is -2.47. The summed E-state index contributed by atoms with van der Waals surface area (Å²) in [6, 6.07) is 12.1. The molecule has 1 saturated heterocycles. The molecule has 116 valence electrons. The van der Waals surface area contributed by atoms with Gasteiger partial charge in [-0.15, -0.1) is 11.3 Å². The number of thiophene rings is 1. The van der Waals surface area contributed by atoms with Crippen LogP contribution in [0.2, 0.25) is 0 Å². The van der Waals surface area contributed by atoms with Gasteiger partial charge in [0, 0.05) is 18.5 Å². The first kappa shape index (κ1) is 14.1. The van der Waals surface area contributed by atoms with E-state index in [1.165, 1.54) is 0 Å². The zero-order chi connectivity index (χ0) is 15.8. The van der Waals surface area contributed by atoms with Gasteiger partial charge in [0.25, 0.3) is 0 Å². The van der Waals surface area contributed by atoms with Gasteiger partial charge in [0.2, 0.25) is 5.91 Å². The molecule has 2 aromatic heterocycles. The van der Waals surface area contributed by atoms with Crippen molar-refractivity contribution in [3.8, 4) is 10.4 Å². The number of likely N-dealkylation sites (tertiary alicyclic amines) is 1. The van der Waals surface area contributed by atoms with E-state index in [1.807, 2.05) is 25.2 Å². The Morgan fingerprint density at radius 1 is 1.26 bits per heavy atom. The number of carbonyl (C=O) groups is 1. The predicted octanol–water partition coefficient (Wildman–Crippen LogP) is 3.00. The van der Waals surface area contributed by atoms with Gasteiger partial charge in [-0.3, -0.25) is 4.79 Å². The summed E-state index contributed by atoms with van der Waals surface area (Å²) in [5, 5.41) is 4.26. The van der Waals surface area contributed by atoms with Crippen LogP contribution in [0.4, 0.5) is 5.82 Å². The average molecular weight is 324 g/mol. The molecule has 5 nitrogen and oxygen atoms in total.